The largest absolute Gasteiger partial charge is 0.311 e. The summed E-state index contributed by atoms with van der Waals surface area (Å²) in [6.45, 7) is 2.39. The van der Waals surface area contributed by atoms with Gasteiger partial charge < -0.3 is 10.6 Å². The van der Waals surface area contributed by atoms with Crippen molar-refractivity contribution in [2.75, 3.05) is 13.1 Å². The van der Waals surface area contributed by atoms with Crippen molar-refractivity contribution >= 4 is 23.6 Å². The van der Waals surface area contributed by atoms with Crippen LogP contribution >= 0.6 is 0 Å². The summed E-state index contributed by atoms with van der Waals surface area (Å²) in [6.07, 6.45) is 5.17. The smallest absolute Gasteiger partial charge is 0.262 e. The number of benzene rings is 1. The van der Waals surface area contributed by atoms with Crippen molar-refractivity contribution in [3.05, 3.63) is 34.9 Å². The van der Waals surface area contributed by atoms with Crippen LogP contribution in [0.25, 0.3) is 0 Å². The highest BCUT2D eigenvalue weighted by Gasteiger charge is 2.45. The lowest BCUT2D eigenvalue weighted by atomic mass is 9.80. The van der Waals surface area contributed by atoms with Gasteiger partial charge in [0.25, 0.3) is 11.8 Å². The lowest BCUT2D eigenvalue weighted by molar-refractivity contribution is -0.136. The van der Waals surface area contributed by atoms with Gasteiger partial charge in [-0.05, 0) is 49.8 Å². The molecule has 0 radical (unpaired) electrons. The molecule has 8 nitrogen and oxygen atoms in total. The third-order valence-corrected chi connectivity index (χ3v) is 7.05. The predicted molar refractivity (Wildman–Crippen MR) is 108 cm³/mol. The Labute approximate surface area is 174 Å². The first-order valence-corrected chi connectivity index (χ1v) is 10.8. The van der Waals surface area contributed by atoms with Gasteiger partial charge in [-0.25, -0.2) is 0 Å². The van der Waals surface area contributed by atoms with Crippen LogP contribution in [0.2, 0.25) is 0 Å². The molecule has 158 valence electrons. The van der Waals surface area contributed by atoms with Gasteiger partial charge >= 0.3 is 0 Å². The number of rotatable bonds is 5. The first-order valence-electron chi connectivity index (χ1n) is 10.8. The SMILES string of the molecule is O=C1CCC(N2C(=O)c3cccc(CNC[C@@]45CCCC(CN4)C5)c3C2=O)C(=O)N1. The predicted octanol–water partition coefficient (Wildman–Crippen LogP) is 0.710. The van der Waals surface area contributed by atoms with Gasteiger partial charge in [-0.15, -0.1) is 0 Å². The van der Waals surface area contributed by atoms with Crippen molar-refractivity contribution < 1.29 is 19.2 Å². The zero-order chi connectivity index (χ0) is 20.9. The van der Waals surface area contributed by atoms with Crippen molar-refractivity contribution in [2.45, 2.75) is 56.7 Å². The minimum absolute atomic E-state index is 0.119. The van der Waals surface area contributed by atoms with E-state index in [4.69, 9.17) is 0 Å². The molecule has 3 atom stereocenters. The van der Waals surface area contributed by atoms with Crippen LogP contribution in [0.15, 0.2) is 18.2 Å². The van der Waals surface area contributed by atoms with Gasteiger partial charge in [0.05, 0.1) is 11.1 Å². The summed E-state index contributed by atoms with van der Waals surface area (Å²) in [5.74, 6) is -1.10. The molecule has 1 aromatic carbocycles. The molecule has 4 aliphatic rings. The molecule has 3 fully saturated rings. The molecule has 4 amide bonds. The van der Waals surface area contributed by atoms with Gasteiger partial charge in [0.2, 0.25) is 11.8 Å². The van der Waals surface area contributed by atoms with E-state index in [1.54, 1.807) is 12.1 Å². The van der Waals surface area contributed by atoms with Crippen molar-refractivity contribution in [3.8, 4) is 0 Å². The number of carbonyl (C=O) groups is 4. The molecule has 0 spiro atoms. The maximum atomic E-state index is 13.1. The van der Waals surface area contributed by atoms with Crippen LogP contribution in [-0.4, -0.2) is 53.2 Å². The molecule has 8 heteroatoms. The maximum absolute atomic E-state index is 13.1. The molecule has 2 bridgehead atoms. The number of carbonyl (C=O) groups excluding carboxylic acids is 4. The van der Waals surface area contributed by atoms with Gasteiger partial charge in [-0.2, -0.15) is 0 Å². The summed E-state index contributed by atoms with van der Waals surface area (Å²) >= 11 is 0. The number of amides is 4. The van der Waals surface area contributed by atoms with Gasteiger partial charge in [-0.1, -0.05) is 18.6 Å². The number of nitrogens with zero attached hydrogens (tertiary/aromatic N) is 1. The lowest BCUT2D eigenvalue weighted by Crippen LogP contribution is -2.54. The number of imide groups is 2. The molecule has 3 aliphatic heterocycles. The van der Waals surface area contributed by atoms with E-state index in [0.717, 1.165) is 35.9 Å². The summed E-state index contributed by atoms with van der Waals surface area (Å²) in [7, 11) is 0. The van der Waals surface area contributed by atoms with Crippen LogP contribution in [0.1, 0.15) is 64.8 Å². The van der Waals surface area contributed by atoms with Crippen LogP contribution in [0.5, 0.6) is 0 Å². The van der Waals surface area contributed by atoms with E-state index in [1.807, 2.05) is 6.07 Å². The van der Waals surface area contributed by atoms with Crippen LogP contribution in [0.4, 0.5) is 0 Å². The quantitative estimate of drug-likeness (QED) is 0.617. The molecule has 30 heavy (non-hydrogen) atoms. The van der Waals surface area contributed by atoms with Crippen molar-refractivity contribution in [2.24, 2.45) is 5.92 Å². The fourth-order valence-electron chi connectivity index (χ4n) is 5.57. The Balaban J connectivity index is 1.32. The molecule has 5 rings (SSSR count). The fraction of sp³-hybridized carbons (Fsp3) is 0.545. The highest BCUT2D eigenvalue weighted by atomic mass is 16.2. The van der Waals surface area contributed by atoms with E-state index >= 15 is 0 Å². The molecule has 1 aliphatic carbocycles. The Morgan fingerprint density at radius 1 is 1.13 bits per heavy atom. The number of piperidine rings is 1. The highest BCUT2D eigenvalue weighted by molar-refractivity contribution is 6.24. The average Bonchev–Trinajstić information content (AvgIpc) is 3.16. The standard InChI is InChI=1S/C22H26N4O4/c27-17-7-6-16(19(28)25-17)26-20(29)15-5-1-4-14(18(15)21(26)30)11-23-12-22-8-2-3-13(9-22)10-24-22/h1,4-5,13,16,23-24H,2-3,6-12H2,(H,25,27,28)/t13?,16?,22-/m0/s1. The summed E-state index contributed by atoms with van der Waals surface area (Å²) in [4.78, 5) is 50.8. The van der Waals surface area contributed by atoms with Crippen LogP contribution in [0, 0.1) is 5.92 Å². The molecule has 2 saturated heterocycles. The van der Waals surface area contributed by atoms with E-state index < -0.39 is 23.8 Å². The van der Waals surface area contributed by atoms with E-state index in [1.165, 1.54) is 19.3 Å². The Hall–Kier alpha value is -2.58. The Kier molecular flexibility index (Phi) is 4.71. The number of hydrogen-bond donors (Lipinski definition) is 3. The zero-order valence-electron chi connectivity index (χ0n) is 16.8. The first kappa shape index (κ1) is 19.4. The van der Waals surface area contributed by atoms with Crippen molar-refractivity contribution in [1.29, 1.82) is 0 Å². The zero-order valence-corrected chi connectivity index (χ0v) is 16.8. The van der Waals surface area contributed by atoms with Crippen LogP contribution in [0.3, 0.4) is 0 Å². The number of fused-ring (bicyclic) bond motifs is 3. The maximum Gasteiger partial charge on any atom is 0.262 e. The van der Waals surface area contributed by atoms with Gasteiger partial charge in [0, 0.05) is 25.0 Å². The second kappa shape index (κ2) is 7.28. The average molecular weight is 410 g/mol. The Morgan fingerprint density at radius 2 is 2.00 bits per heavy atom. The minimum atomic E-state index is -0.934. The number of nitrogens with one attached hydrogen (secondary N) is 3. The summed E-state index contributed by atoms with van der Waals surface area (Å²) in [5, 5.41) is 9.41. The normalized spacial score (nSPS) is 30.6. The van der Waals surface area contributed by atoms with E-state index in [9.17, 15) is 19.2 Å². The molecule has 0 aromatic heterocycles. The monoisotopic (exact) mass is 410 g/mol. The molecule has 1 aromatic rings. The Bertz CT molecular complexity index is 941. The van der Waals surface area contributed by atoms with E-state index in [-0.39, 0.29) is 24.3 Å². The summed E-state index contributed by atoms with van der Waals surface area (Å²) in [6, 6.07) is 4.33. The van der Waals surface area contributed by atoms with Gasteiger partial charge in [0.1, 0.15) is 6.04 Å². The molecular formula is C22H26N4O4. The van der Waals surface area contributed by atoms with E-state index in [2.05, 4.69) is 16.0 Å². The fourth-order valence-corrected chi connectivity index (χ4v) is 5.57. The van der Waals surface area contributed by atoms with E-state index in [0.29, 0.717) is 17.7 Å². The number of hydrogen-bond acceptors (Lipinski definition) is 6. The Morgan fingerprint density at radius 3 is 2.83 bits per heavy atom. The highest BCUT2D eigenvalue weighted by Crippen LogP contribution is 2.37. The van der Waals surface area contributed by atoms with Crippen LogP contribution in [-0.2, 0) is 16.1 Å². The van der Waals surface area contributed by atoms with Gasteiger partial charge in [0.15, 0.2) is 0 Å². The molecule has 2 unspecified atom stereocenters. The molecular weight excluding hydrogens is 384 g/mol. The minimum Gasteiger partial charge on any atom is -0.311 e. The molecule has 3 N–H and O–H groups in total. The van der Waals surface area contributed by atoms with Crippen LogP contribution < -0.4 is 16.0 Å². The van der Waals surface area contributed by atoms with Gasteiger partial charge in [-0.3, -0.25) is 29.4 Å². The summed E-state index contributed by atoms with van der Waals surface area (Å²) in [5.41, 5.74) is 1.61. The molecule has 1 saturated carbocycles. The summed E-state index contributed by atoms with van der Waals surface area (Å²) < 4.78 is 0. The third-order valence-electron chi connectivity index (χ3n) is 7.05. The molecule has 3 heterocycles. The first-order chi connectivity index (χ1) is 14.5. The van der Waals surface area contributed by atoms with Crippen molar-refractivity contribution in [1.82, 2.24) is 20.9 Å². The topological polar surface area (TPSA) is 108 Å². The second-order valence-corrected chi connectivity index (χ2v) is 9.01. The second-order valence-electron chi connectivity index (χ2n) is 9.01. The lowest BCUT2D eigenvalue weighted by Gasteiger charge is -2.33. The van der Waals surface area contributed by atoms with Crippen molar-refractivity contribution in [3.63, 3.8) is 0 Å². The third kappa shape index (κ3) is 3.15.